The average molecular weight is 311 g/mol. The van der Waals surface area contributed by atoms with E-state index >= 15 is 0 Å². The highest BCUT2D eigenvalue weighted by atomic mass is 35.5. The van der Waals surface area contributed by atoms with Crippen molar-refractivity contribution in [3.05, 3.63) is 28.8 Å². The van der Waals surface area contributed by atoms with Gasteiger partial charge in [-0.05, 0) is 37.0 Å². The molecule has 0 bridgehead atoms. The van der Waals surface area contributed by atoms with Crippen LogP contribution >= 0.6 is 11.6 Å². The topological polar surface area (TPSA) is 24.5 Å². The van der Waals surface area contributed by atoms with Crippen molar-refractivity contribution in [1.82, 2.24) is 5.32 Å². The minimum absolute atomic E-state index is 0.341. The largest absolute Gasteiger partial charge is 0.376 e. The second-order valence-electron chi connectivity index (χ2n) is 6.18. The van der Waals surface area contributed by atoms with Gasteiger partial charge in [-0.2, -0.15) is 0 Å². The van der Waals surface area contributed by atoms with Gasteiger partial charge in [0.25, 0.3) is 0 Å². The maximum atomic E-state index is 6.19. The number of halogens is 1. The number of likely N-dealkylation sites (N-methyl/N-ethyl adjacent to an activating group) is 1. The van der Waals surface area contributed by atoms with E-state index in [0.717, 1.165) is 31.1 Å². The van der Waals surface area contributed by atoms with Crippen LogP contribution in [-0.2, 0) is 11.3 Å². The van der Waals surface area contributed by atoms with E-state index in [1.807, 2.05) is 6.07 Å². The second kappa shape index (κ2) is 8.02. The standard InChI is InChI=1S/C17H27ClN2O/c1-13(2)19-11-14-7-8-15(18)10-17(14)20(3)12-16-6-4-5-9-21-16/h7-8,10,13,16,19H,4-6,9,11-12H2,1-3H3. The van der Waals surface area contributed by atoms with Crippen molar-refractivity contribution in [2.24, 2.45) is 0 Å². The highest BCUT2D eigenvalue weighted by molar-refractivity contribution is 6.30. The number of benzene rings is 1. The lowest BCUT2D eigenvalue weighted by molar-refractivity contribution is 0.0216. The van der Waals surface area contributed by atoms with Crippen LogP contribution in [0.3, 0.4) is 0 Å². The molecule has 118 valence electrons. The molecule has 0 aliphatic carbocycles. The van der Waals surface area contributed by atoms with Crippen molar-refractivity contribution in [2.75, 3.05) is 25.1 Å². The van der Waals surface area contributed by atoms with E-state index in [4.69, 9.17) is 16.3 Å². The number of nitrogens with one attached hydrogen (secondary N) is 1. The van der Waals surface area contributed by atoms with Crippen molar-refractivity contribution in [3.63, 3.8) is 0 Å². The Morgan fingerprint density at radius 1 is 1.38 bits per heavy atom. The van der Waals surface area contributed by atoms with E-state index in [2.05, 4.69) is 43.2 Å². The summed E-state index contributed by atoms with van der Waals surface area (Å²) in [5.41, 5.74) is 2.48. The van der Waals surface area contributed by atoms with E-state index in [-0.39, 0.29) is 0 Å². The minimum Gasteiger partial charge on any atom is -0.376 e. The van der Waals surface area contributed by atoms with Gasteiger partial charge in [0.2, 0.25) is 0 Å². The molecule has 0 saturated carbocycles. The number of hydrogen-bond donors (Lipinski definition) is 1. The van der Waals surface area contributed by atoms with Crippen molar-refractivity contribution in [3.8, 4) is 0 Å². The molecule has 1 atom stereocenters. The third-order valence-corrected chi connectivity index (χ3v) is 4.15. The van der Waals surface area contributed by atoms with Gasteiger partial charge < -0.3 is 15.0 Å². The van der Waals surface area contributed by atoms with Crippen LogP contribution in [0.1, 0.15) is 38.7 Å². The Morgan fingerprint density at radius 2 is 2.19 bits per heavy atom. The number of rotatable bonds is 6. The lowest BCUT2D eigenvalue weighted by atomic mass is 10.1. The summed E-state index contributed by atoms with van der Waals surface area (Å²) in [7, 11) is 2.13. The molecule has 1 aliphatic rings. The van der Waals surface area contributed by atoms with E-state index in [1.165, 1.54) is 24.1 Å². The summed E-state index contributed by atoms with van der Waals surface area (Å²) in [6, 6.07) is 6.61. The molecular formula is C17H27ClN2O. The first-order chi connectivity index (χ1) is 10.1. The van der Waals surface area contributed by atoms with Crippen LogP contribution in [0, 0.1) is 0 Å². The zero-order valence-electron chi connectivity index (χ0n) is 13.4. The zero-order valence-corrected chi connectivity index (χ0v) is 14.1. The van der Waals surface area contributed by atoms with Gasteiger partial charge in [0.15, 0.2) is 0 Å². The molecule has 1 unspecified atom stereocenters. The summed E-state index contributed by atoms with van der Waals surface area (Å²) in [6.07, 6.45) is 3.97. The first-order valence-corrected chi connectivity index (χ1v) is 8.28. The van der Waals surface area contributed by atoms with Crippen molar-refractivity contribution < 1.29 is 4.74 Å². The third-order valence-electron chi connectivity index (χ3n) is 3.91. The molecule has 1 N–H and O–H groups in total. The van der Waals surface area contributed by atoms with Gasteiger partial charge >= 0.3 is 0 Å². The first kappa shape index (κ1) is 16.6. The molecule has 2 rings (SSSR count). The van der Waals surface area contributed by atoms with Crippen molar-refractivity contribution >= 4 is 17.3 Å². The molecule has 3 nitrogen and oxygen atoms in total. The summed E-state index contributed by atoms with van der Waals surface area (Å²) in [5, 5.41) is 4.27. The smallest absolute Gasteiger partial charge is 0.0749 e. The number of anilines is 1. The fourth-order valence-electron chi connectivity index (χ4n) is 2.71. The van der Waals surface area contributed by atoms with Crippen LogP contribution in [-0.4, -0.2) is 32.3 Å². The predicted octanol–water partition coefficient (Wildman–Crippen LogP) is 3.84. The molecule has 0 spiro atoms. The van der Waals surface area contributed by atoms with E-state index in [9.17, 15) is 0 Å². The Labute approximate surface area is 133 Å². The summed E-state index contributed by atoms with van der Waals surface area (Å²) >= 11 is 6.19. The van der Waals surface area contributed by atoms with Crippen LogP contribution in [0.5, 0.6) is 0 Å². The highest BCUT2D eigenvalue weighted by Gasteiger charge is 2.17. The van der Waals surface area contributed by atoms with Gasteiger partial charge in [-0.1, -0.05) is 31.5 Å². The second-order valence-corrected chi connectivity index (χ2v) is 6.61. The zero-order chi connectivity index (χ0) is 15.2. The molecule has 1 aromatic rings. The fraction of sp³-hybridized carbons (Fsp3) is 0.647. The molecule has 4 heteroatoms. The van der Waals surface area contributed by atoms with Crippen LogP contribution in [0.15, 0.2) is 18.2 Å². The predicted molar refractivity (Wildman–Crippen MR) is 90.3 cm³/mol. The molecule has 1 aliphatic heterocycles. The van der Waals surface area contributed by atoms with E-state index in [1.54, 1.807) is 0 Å². The molecule has 1 fully saturated rings. The molecule has 0 amide bonds. The summed E-state index contributed by atoms with van der Waals surface area (Å²) in [4.78, 5) is 2.28. The normalized spacial score (nSPS) is 19.0. The van der Waals surface area contributed by atoms with Gasteiger partial charge in [-0.3, -0.25) is 0 Å². The van der Waals surface area contributed by atoms with Gasteiger partial charge in [0.05, 0.1) is 6.10 Å². The Morgan fingerprint density at radius 3 is 2.86 bits per heavy atom. The van der Waals surface area contributed by atoms with Crippen molar-refractivity contribution in [1.29, 1.82) is 0 Å². The quantitative estimate of drug-likeness (QED) is 0.864. The Hall–Kier alpha value is -0.770. The van der Waals surface area contributed by atoms with E-state index in [0.29, 0.717) is 12.1 Å². The van der Waals surface area contributed by atoms with Gasteiger partial charge in [0.1, 0.15) is 0 Å². The molecule has 1 aromatic carbocycles. The van der Waals surface area contributed by atoms with Gasteiger partial charge in [-0.25, -0.2) is 0 Å². The van der Waals surface area contributed by atoms with Crippen molar-refractivity contribution in [2.45, 2.75) is 51.8 Å². The number of hydrogen-bond acceptors (Lipinski definition) is 3. The van der Waals surface area contributed by atoms with Crippen LogP contribution in [0.25, 0.3) is 0 Å². The fourth-order valence-corrected chi connectivity index (χ4v) is 2.88. The third kappa shape index (κ3) is 5.17. The lowest BCUT2D eigenvalue weighted by Crippen LogP contribution is -2.34. The van der Waals surface area contributed by atoms with Crippen LogP contribution in [0.2, 0.25) is 5.02 Å². The maximum Gasteiger partial charge on any atom is 0.0749 e. The molecule has 1 saturated heterocycles. The molecule has 21 heavy (non-hydrogen) atoms. The summed E-state index contributed by atoms with van der Waals surface area (Å²) in [5.74, 6) is 0. The molecule has 0 aromatic heterocycles. The first-order valence-electron chi connectivity index (χ1n) is 7.91. The maximum absolute atomic E-state index is 6.19. The minimum atomic E-state index is 0.341. The van der Waals surface area contributed by atoms with Gasteiger partial charge in [0, 0.05) is 43.5 Å². The average Bonchev–Trinajstić information content (AvgIpc) is 2.46. The molecular weight excluding hydrogens is 284 g/mol. The van der Waals surface area contributed by atoms with Crippen LogP contribution in [0.4, 0.5) is 5.69 Å². The number of ether oxygens (including phenoxy) is 1. The monoisotopic (exact) mass is 310 g/mol. The summed E-state index contributed by atoms with van der Waals surface area (Å²) < 4.78 is 5.85. The van der Waals surface area contributed by atoms with Gasteiger partial charge in [-0.15, -0.1) is 0 Å². The van der Waals surface area contributed by atoms with E-state index < -0.39 is 0 Å². The molecule has 0 radical (unpaired) electrons. The highest BCUT2D eigenvalue weighted by Crippen LogP contribution is 2.25. The lowest BCUT2D eigenvalue weighted by Gasteiger charge is -2.30. The summed E-state index contributed by atoms with van der Waals surface area (Å²) in [6.45, 7) is 7.01. The Bertz CT molecular complexity index is 444. The number of nitrogens with zero attached hydrogens (tertiary/aromatic N) is 1. The van der Waals surface area contributed by atoms with Crippen LogP contribution < -0.4 is 10.2 Å². The SMILES string of the molecule is CC(C)NCc1ccc(Cl)cc1N(C)CC1CCCCO1. The molecule has 1 heterocycles. The Kier molecular flexibility index (Phi) is 6.34. The Balaban J connectivity index is 2.06.